The van der Waals surface area contributed by atoms with Crippen molar-refractivity contribution in [1.29, 1.82) is 0 Å². The molecule has 486 valence electrons. The molecule has 27 nitrogen and oxygen atoms in total. The van der Waals surface area contributed by atoms with Crippen LogP contribution in [0.25, 0.3) is 0 Å². The second kappa shape index (κ2) is 52.8. The molecule has 0 spiro atoms. The fourth-order valence-corrected chi connectivity index (χ4v) is 7.99. The maximum absolute atomic E-state index is 12.2. The topological polar surface area (TPSA) is 438 Å². The number of aromatic hydroxyl groups is 3. The van der Waals surface area contributed by atoms with Crippen LogP contribution in [0.3, 0.4) is 0 Å². The fourth-order valence-electron chi connectivity index (χ4n) is 7.99. The van der Waals surface area contributed by atoms with Crippen LogP contribution in [0.2, 0.25) is 0 Å². The molecule has 3 rings (SSSR count). The lowest BCUT2D eigenvalue weighted by molar-refractivity contribution is -0.120. The number of benzene rings is 3. The molecule has 87 heavy (non-hydrogen) atoms. The first-order valence-electron chi connectivity index (χ1n) is 30.0. The van der Waals surface area contributed by atoms with E-state index in [1.807, 2.05) is 0 Å². The minimum Gasteiger partial charge on any atom is -0.507 e. The van der Waals surface area contributed by atoms with Gasteiger partial charge >= 0.3 is 0 Å². The summed E-state index contributed by atoms with van der Waals surface area (Å²) < 4.78 is 0. The standard InChI is InChI=1S/C36H45N7O6.C15H33N7O3.C9H24N4/c44-31-13-4-1-10-28(31)22-37-25-34(47)40-16-7-19-43(20-8-17-41-35(48)26-38-23-29-11-2-5-14-32(29)45)21-9-18-42-36(49)27-39-24-30-12-3-6-15-33(30)46;16-10-13(23)19-4-1-7-22(8-2-5-20-14(24)11-17)9-3-6-21-15(25)12-18;10-4-1-7-13(8-2-5-11)9-3-6-12/h1-6,10-15,22-24,44-46H,7-9,16-21,25-27H2,(H,40,47)(H,41,48)(H,42,49);1-12,16-18H2,(H,19,23)(H,20,24)(H,21,25);1-12H2. The van der Waals surface area contributed by atoms with Gasteiger partial charge in [0, 0.05) is 74.6 Å². The highest BCUT2D eigenvalue weighted by atomic mass is 16.3. The molecule has 0 heterocycles. The molecular formula is C60H102N18O9. The van der Waals surface area contributed by atoms with Crippen molar-refractivity contribution in [2.75, 3.05) is 157 Å². The first-order valence-corrected chi connectivity index (χ1v) is 30.0. The molecule has 0 radical (unpaired) electrons. The number of hydrogen-bond acceptors (Lipinski definition) is 21. The second-order valence-corrected chi connectivity index (χ2v) is 19.9. The van der Waals surface area contributed by atoms with Crippen LogP contribution in [0.4, 0.5) is 0 Å². The number of aliphatic imine (C=N–C) groups is 3. The molecule has 0 aliphatic rings. The van der Waals surface area contributed by atoms with E-state index in [-0.39, 0.29) is 92.0 Å². The normalized spacial score (nSPS) is 11.1. The molecule has 0 fully saturated rings. The first-order chi connectivity index (χ1) is 42.2. The van der Waals surface area contributed by atoms with E-state index in [2.05, 4.69) is 61.6 Å². The lowest BCUT2D eigenvalue weighted by atomic mass is 10.2. The molecule has 0 bridgehead atoms. The zero-order valence-corrected chi connectivity index (χ0v) is 50.9. The molecule has 21 N–H and O–H groups in total. The smallest absolute Gasteiger partial charge is 0.241 e. The van der Waals surface area contributed by atoms with Gasteiger partial charge in [0.15, 0.2) is 0 Å². The zero-order chi connectivity index (χ0) is 64.0. The van der Waals surface area contributed by atoms with Crippen LogP contribution in [-0.2, 0) is 28.8 Å². The maximum Gasteiger partial charge on any atom is 0.241 e. The number of rotatable bonds is 45. The molecule has 0 saturated heterocycles. The van der Waals surface area contributed by atoms with Crippen LogP contribution in [0.15, 0.2) is 87.8 Å². The van der Waals surface area contributed by atoms with Gasteiger partial charge in [-0.2, -0.15) is 0 Å². The lowest BCUT2D eigenvalue weighted by Crippen LogP contribution is -2.37. The van der Waals surface area contributed by atoms with E-state index in [4.69, 9.17) is 34.4 Å². The Labute approximate surface area is 514 Å². The van der Waals surface area contributed by atoms with E-state index >= 15 is 0 Å². The van der Waals surface area contributed by atoms with E-state index in [1.54, 1.807) is 72.8 Å². The summed E-state index contributed by atoms with van der Waals surface area (Å²) in [5, 5.41) is 46.2. The van der Waals surface area contributed by atoms with Crippen molar-refractivity contribution in [3.8, 4) is 17.2 Å². The molecule has 3 aromatic rings. The van der Waals surface area contributed by atoms with Gasteiger partial charge in [-0.05, 0) is 173 Å². The number of phenolic OH excluding ortho intramolecular Hbond substituents is 3. The SMILES string of the molecule is NCC(=O)NCCCN(CCCNC(=O)CN)CCCNC(=O)CN.NCCCN(CCCN)CCCN.O=C(CN=Cc1ccccc1O)NCCCN(CCCNC(=O)CN=Cc1ccccc1O)CCCNC(=O)CN=Cc1ccccc1O. The van der Waals surface area contributed by atoms with Gasteiger partial charge in [0.05, 0.1) is 19.6 Å². The lowest BCUT2D eigenvalue weighted by Gasteiger charge is -2.22. The van der Waals surface area contributed by atoms with Gasteiger partial charge in [-0.15, -0.1) is 0 Å². The Morgan fingerprint density at radius 2 is 0.540 bits per heavy atom. The summed E-state index contributed by atoms with van der Waals surface area (Å²) in [6.07, 6.45) is 12.1. The highest BCUT2D eigenvalue weighted by Gasteiger charge is 2.10. The van der Waals surface area contributed by atoms with E-state index in [0.29, 0.717) is 94.9 Å². The van der Waals surface area contributed by atoms with Crippen molar-refractivity contribution in [3.05, 3.63) is 89.5 Å². The Bertz CT molecular complexity index is 2180. The number of nitrogens with two attached hydrogens (primary N) is 6. The average molecular weight is 1220 g/mol. The van der Waals surface area contributed by atoms with Crippen molar-refractivity contribution in [1.82, 2.24) is 46.6 Å². The van der Waals surface area contributed by atoms with Crippen LogP contribution in [0.1, 0.15) is 74.5 Å². The largest absolute Gasteiger partial charge is 0.507 e. The fraction of sp³-hybridized carbons (Fsp3) is 0.550. The molecule has 0 aliphatic carbocycles. The van der Waals surface area contributed by atoms with Gasteiger partial charge in [0.25, 0.3) is 0 Å². The third-order valence-electron chi connectivity index (χ3n) is 12.6. The van der Waals surface area contributed by atoms with Gasteiger partial charge < -0.3 is 96.3 Å². The maximum atomic E-state index is 12.2. The third-order valence-corrected chi connectivity index (χ3v) is 12.6. The molecule has 0 atom stereocenters. The van der Waals surface area contributed by atoms with Gasteiger partial charge in [-0.25, -0.2) is 0 Å². The Morgan fingerprint density at radius 1 is 0.333 bits per heavy atom. The highest BCUT2D eigenvalue weighted by molar-refractivity contribution is 5.88. The first kappa shape index (κ1) is 77.5. The van der Waals surface area contributed by atoms with Crippen molar-refractivity contribution < 1.29 is 44.1 Å². The van der Waals surface area contributed by atoms with Crippen LogP contribution in [0, 0.1) is 0 Å². The summed E-state index contributed by atoms with van der Waals surface area (Å²) in [7, 11) is 0. The van der Waals surface area contributed by atoms with Crippen molar-refractivity contribution >= 4 is 54.1 Å². The summed E-state index contributed by atoms with van der Waals surface area (Å²) >= 11 is 0. The van der Waals surface area contributed by atoms with Crippen LogP contribution in [-0.4, -0.2) is 241 Å². The third kappa shape index (κ3) is 42.9. The van der Waals surface area contributed by atoms with E-state index < -0.39 is 0 Å². The number of amides is 6. The average Bonchev–Trinajstić information content (AvgIpc) is 3.70. The van der Waals surface area contributed by atoms with Crippen molar-refractivity contribution in [2.45, 2.75) is 57.8 Å². The summed E-state index contributed by atoms with van der Waals surface area (Å²) in [5.74, 6) is -0.873. The van der Waals surface area contributed by atoms with E-state index in [9.17, 15) is 44.1 Å². The molecule has 3 aromatic carbocycles. The number of hydrogen-bond donors (Lipinski definition) is 15. The van der Waals surface area contributed by atoms with Crippen LogP contribution in [0.5, 0.6) is 17.2 Å². The number of nitrogens with one attached hydrogen (secondary N) is 6. The number of nitrogens with zero attached hydrogens (tertiary/aromatic N) is 6. The quantitative estimate of drug-likeness (QED) is 0.0221. The molecule has 0 saturated carbocycles. The van der Waals surface area contributed by atoms with E-state index in [1.165, 1.54) is 18.6 Å². The van der Waals surface area contributed by atoms with E-state index in [0.717, 1.165) is 97.4 Å². The summed E-state index contributed by atoms with van der Waals surface area (Å²) in [4.78, 5) is 89.2. The minimum absolute atomic E-state index is 0.00854. The molecule has 0 unspecified atom stereocenters. The number of carbonyl (C=O) groups excluding carboxylic acids is 6. The predicted octanol–water partition coefficient (Wildman–Crippen LogP) is -1.70. The van der Waals surface area contributed by atoms with Gasteiger partial charge in [0.2, 0.25) is 35.4 Å². The molecule has 6 amide bonds. The zero-order valence-electron chi connectivity index (χ0n) is 50.9. The Hall–Kier alpha value is -7.47. The van der Waals surface area contributed by atoms with Gasteiger partial charge in [-0.1, -0.05) is 36.4 Å². The predicted molar refractivity (Wildman–Crippen MR) is 345 cm³/mol. The number of phenols is 3. The number of carbonyl (C=O) groups is 6. The molecule has 0 aliphatic heterocycles. The van der Waals surface area contributed by atoms with Crippen LogP contribution < -0.4 is 66.3 Å². The second-order valence-electron chi connectivity index (χ2n) is 19.9. The van der Waals surface area contributed by atoms with Gasteiger partial charge in [0.1, 0.15) is 36.9 Å². The summed E-state index contributed by atoms with van der Waals surface area (Å²) in [5.41, 5.74) is 33.7. The number of para-hydroxylation sites is 3. The molecular weight excluding hydrogens is 1120 g/mol. The summed E-state index contributed by atoms with van der Waals surface area (Å²) in [6, 6.07) is 20.3. The van der Waals surface area contributed by atoms with Crippen molar-refractivity contribution in [2.24, 2.45) is 49.4 Å². The minimum atomic E-state index is -0.223. The highest BCUT2D eigenvalue weighted by Crippen LogP contribution is 2.14. The Morgan fingerprint density at radius 3 is 0.747 bits per heavy atom. The van der Waals surface area contributed by atoms with Crippen LogP contribution >= 0.6 is 0 Å². The van der Waals surface area contributed by atoms with Crippen molar-refractivity contribution in [3.63, 3.8) is 0 Å². The Balaban J connectivity index is 0.000000823. The molecule has 27 heteroatoms. The monoisotopic (exact) mass is 1220 g/mol. The Kier molecular flexibility index (Phi) is 47.1. The molecule has 0 aromatic heterocycles. The van der Waals surface area contributed by atoms with Gasteiger partial charge in [-0.3, -0.25) is 43.7 Å². The summed E-state index contributed by atoms with van der Waals surface area (Å²) in [6.45, 7) is 12.9.